The Balaban J connectivity index is 1.68. The zero-order valence-corrected chi connectivity index (χ0v) is 16.4. The molecule has 0 radical (unpaired) electrons. The lowest BCUT2D eigenvalue weighted by atomic mass is 10.1. The van der Waals surface area contributed by atoms with Crippen LogP contribution in [0.4, 0.5) is 5.69 Å². The Kier molecular flexibility index (Phi) is 7.06. The number of likely N-dealkylation sites (tertiary alicyclic amines) is 1. The van der Waals surface area contributed by atoms with Crippen LogP contribution in [0, 0.1) is 0 Å². The van der Waals surface area contributed by atoms with Crippen LogP contribution in [0.1, 0.15) is 59.7 Å². The second kappa shape index (κ2) is 9.93. The molecule has 0 aromatic heterocycles. The normalized spacial score (nSPS) is 13.4. The van der Waals surface area contributed by atoms with E-state index in [-0.39, 0.29) is 11.8 Å². The summed E-state index contributed by atoms with van der Waals surface area (Å²) >= 11 is 0. The Morgan fingerprint density at radius 1 is 1.04 bits per heavy atom. The van der Waals surface area contributed by atoms with Crippen molar-refractivity contribution in [1.82, 2.24) is 4.90 Å². The van der Waals surface area contributed by atoms with Gasteiger partial charge in [0.15, 0.2) is 0 Å². The smallest absolute Gasteiger partial charge is 0.259 e. The van der Waals surface area contributed by atoms with E-state index in [4.69, 9.17) is 4.74 Å². The number of hydrogen-bond acceptors (Lipinski definition) is 3. The summed E-state index contributed by atoms with van der Waals surface area (Å²) in [5, 5.41) is 2.90. The van der Waals surface area contributed by atoms with Crippen LogP contribution < -0.4 is 10.1 Å². The number of anilines is 1. The van der Waals surface area contributed by atoms with Crippen molar-refractivity contribution in [3.63, 3.8) is 0 Å². The maximum atomic E-state index is 12.8. The second-order valence-corrected chi connectivity index (χ2v) is 7.09. The lowest BCUT2D eigenvalue weighted by Gasteiger charge is -2.16. The molecule has 1 aliphatic heterocycles. The van der Waals surface area contributed by atoms with Crippen molar-refractivity contribution in [3.05, 3.63) is 59.7 Å². The van der Waals surface area contributed by atoms with Crippen LogP contribution in [0.25, 0.3) is 0 Å². The molecule has 0 saturated carbocycles. The number of nitrogens with one attached hydrogen (secondary N) is 1. The Hall–Kier alpha value is -2.82. The van der Waals surface area contributed by atoms with Gasteiger partial charge in [0.2, 0.25) is 0 Å². The molecular weight excluding hydrogens is 352 g/mol. The molecule has 0 atom stereocenters. The van der Waals surface area contributed by atoms with Gasteiger partial charge in [-0.05, 0) is 49.6 Å². The molecule has 2 aromatic rings. The predicted molar refractivity (Wildman–Crippen MR) is 111 cm³/mol. The van der Waals surface area contributed by atoms with Gasteiger partial charge < -0.3 is 15.0 Å². The van der Waals surface area contributed by atoms with E-state index in [0.29, 0.717) is 29.2 Å². The molecule has 3 rings (SSSR count). The predicted octanol–water partition coefficient (Wildman–Crippen LogP) is 4.74. The molecular formula is C23H28N2O3. The number of hydrogen-bond donors (Lipinski definition) is 1. The highest BCUT2D eigenvalue weighted by Gasteiger charge is 2.20. The van der Waals surface area contributed by atoms with Gasteiger partial charge >= 0.3 is 0 Å². The van der Waals surface area contributed by atoms with Gasteiger partial charge in [-0.2, -0.15) is 0 Å². The number of carbonyl (C=O) groups excluding carboxylic acids is 2. The SMILES string of the molecule is CCCCCOc1ccccc1C(=O)Nc1cccc(C(=O)N2CCCC2)c1. The van der Waals surface area contributed by atoms with Gasteiger partial charge in [0.05, 0.1) is 12.2 Å². The van der Waals surface area contributed by atoms with Crippen molar-refractivity contribution in [2.24, 2.45) is 0 Å². The lowest BCUT2D eigenvalue weighted by molar-refractivity contribution is 0.0792. The first-order valence-corrected chi connectivity index (χ1v) is 10.1. The van der Waals surface area contributed by atoms with Crippen molar-refractivity contribution in [2.45, 2.75) is 39.0 Å². The summed E-state index contributed by atoms with van der Waals surface area (Å²) in [5.74, 6) is 0.366. The summed E-state index contributed by atoms with van der Waals surface area (Å²) in [6.45, 7) is 4.35. The van der Waals surface area contributed by atoms with Crippen molar-refractivity contribution in [1.29, 1.82) is 0 Å². The number of benzene rings is 2. The van der Waals surface area contributed by atoms with Gasteiger partial charge in [-0.3, -0.25) is 9.59 Å². The third kappa shape index (κ3) is 5.12. The van der Waals surface area contributed by atoms with Gasteiger partial charge in [0.25, 0.3) is 11.8 Å². The molecule has 1 heterocycles. The average Bonchev–Trinajstić information content (AvgIpc) is 3.26. The molecule has 1 N–H and O–H groups in total. The number of amides is 2. The monoisotopic (exact) mass is 380 g/mol. The number of nitrogens with zero attached hydrogens (tertiary/aromatic N) is 1. The Morgan fingerprint density at radius 2 is 1.82 bits per heavy atom. The van der Waals surface area contributed by atoms with E-state index >= 15 is 0 Å². The number of carbonyl (C=O) groups is 2. The van der Waals surface area contributed by atoms with E-state index in [0.717, 1.165) is 45.2 Å². The van der Waals surface area contributed by atoms with E-state index in [1.807, 2.05) is 23.1 Å². The minimum absolute atomic E-state index is 0.0215. The van der Waals surface area contributed by atoms with Crippen molar-refractivity contribution in [2.75, 3.05) is 25.0 Å². The molecule has 2 aromatic carbocycles. The third-order valence-electron chi connectivity index (χ3n) is 4.90. The highest BCUT2D eigenvalue weighted by Crippen LogP contribution is 2.21. The van der Waals surface area contributed by atoms with Gasteiger partial charge in [0.1, 0.15) is 5.75 Å². The summed E-state index contributed by atoms with van der Waals surface area (Å²) in [6.07, 6.45) is 5.30. The molecule has 0 aliphatic carbocycles. The topological polar surface area (TPSA) is 58.6 Å². The van der Waals surface area contributed by atoms with Gasteiger partial charge in [0, 0.05) is 24.3 Å². The summed E-state index contributed by atoms with van der Waals surface area (Å²) in [6, 6.07) is 14.4. The minimum Gasteiger partial charge on any atom is -0.493 e. The minimum atomic E-state index is -0.239. The van der Waals surface area contributed by atoms with Crippen LogP contribution in [0.5, 0.6) is 5.75 Å². The highest BCUT2D eigenvalue weighted by atomic mass is 16.5. The maximum absolute atomic E-state index is 12.8. The largest absolute Gasteiger partial charge is 0.493 e. The standard InChI is InChI=1S/C23H28N2O3/c1-2-3-8-16-28-21-13-5-4-12-20(21)22(26)24-19-11-9-10-18(17-19)23(27)25-14-6-7-15-25/h4-5,9-13,17H,2-3,6-8,14-16H2,1H3,(H,24,26). The molecule has 5 nitrogen and oxygen atoms in total. The van der Waals surface area contributed by atoms with Gasteiger partial charge in [-0.25, -0.2) is 0 Å². The Labute approximate surface area is 166 Å². The lowest BCUT2D eigenvalue weighted by Crippen LogP contribution is -2.27. The highest BCUT2D eigenvalue weighted by molar-refractivity contribution is 6.06. The van der Waals surface area contributed by atoms with E-state index in [2.05, 4.69) is 12.2 Å². The van der Waals surface area contributed by atoms with Gasteiger partial charge in [-0.15, -0.1) is 0 Å². The fourth-order valence-corrected chi connectivity index (χ4v) is 3.35. The third-order valence-corrected chi connectivity index (χ3v) is 4.90. The fourth-order valence-electron chi connectivity index (χ4n) is 3.35. The number of ether oxygens (including phenoxy) is 1. The molecule has 148 valence electrons. The van der Waals surface area contributed by atoms with Crippen LogP contribution in [0.15, 0.2) is 48.5 Å². The molecule has 0 unspecified atom stereocenters. The van der Waals surface area contributed by atoms with Crippen LogP contribution in [-0.4, -0.2) is 36.4 Å². The molecule has 2 amide bonds. The summed E-state index contributed by atoms with van der Waals surface area (Å²) in [7, 11) is 0. The first-order valence-electron chi connectivity index (χ1n) is 10.1. The van der Waals surface area contributed by atoms with Crippen LogP contribution >= 0.6 is 0 Å². The van der Waals surface area contributed by atoms with Gasteiger partial charge in [-0.1, -0.05) is 38.0 Å². The Morgan fingerprint density at radius 3 is 2.61 bits per heavy atom. The van der Waals surface area contributed by atoms with E-state index in [1.165, 1.54) is 0 Å². The quantitative estimate of drug-likeness (QED) is 0.673. The first kappa shape index (κ1) is 19.9. The average molecular weight is 380 g/mol. The van der Waals surface area contributed by atoms with Crippen molar-refractivity contribution < 1.29 is 14.3 Å². The first-order chi connectivity index (χ1) is 13.7. The number of rotatable bonds is 8. The molecule has 1 saturated heterocycles. The van der Waals surface area contributed by atoms with E-state index in [1.54, 1.807) is 30.3 Å². The summed E-state index contributed by atoms with van der Waals surface area (Å²) < 4.78 is 5.81. The molecule has 1 fully saturated rings. The van der Waals surface area contributed by atoms with Crippen molar-refractivity contribution in [3.8, 4) is 5.75 Å². The number of para-hydroxylation sites is 1. The maximum Gasteiger partial charge on any atom is 0.259 e. The second-order valence-electron chi connectivity index (χ2n) is 7.09. The summed E-state index contributed by atoms with van der Waals surface area (Å²) in [5.41, 5.74) is 1.70. The van der Waals surface area contributed by atoms with Crippen LogP contribution in [0.3, 0.4) is 0 Å². The zero-order chi connectivity index (χ0) is 19.8. The zero-order valence-electron chi connectivity index (χ0n) is 16.4. The van der Waals surface area contributed by atoms with Crippen LogP contribution in [0.2, 0.25) is 0 Å². The Bertz CT molecular complexity index is 813. The van der Waals surface area contributed by atoms with Crippen LogP contribution in [-0.2, 0) is 0 Å². The van der Waals surface area contributed by atoms with E-state index < -0.39 is 0 Å². The molecule has 1 aliphatic rings. The van der Waals surface area contributed by atoms with E-state index in [9.17, 15) is 9.59 Å². The summed E-state index contributed by atoms with van der Waals surface area (Å²) in [4.78, 5) is 27.2. The molecule has 0 bridgehead atoms. The fraction of sp³-hybridized carbons (Fsp3) is 0.391. The molecule has 0 spiro atoms. The molecule has 5 heteroatoms. The molecule has 28 heavy (non-hydrogen) atoms. The van der Waals surface area contributed by atoms with Crippen molar-refractivity contribution >= 4 is 17.5 Å². The number of unbranched alkanes of at least 4 members (excludes halogenated alkanes) is 2.